The second-order valence-electron chi connectivity index (χ2n) is 8.93. The van der Waals surface area contributed by atoms with Gasteiger partial charge in [-0.15, -0.1) is 0 Å². The Morgan fingerprint density at radius 1 is 0.500 bits per heavy atom. The van der Waals surface area contributed by atoms with Gasteiger partial charge in [0.25, 0.3) is 11.4 Å². The first-order chi connectivity index (χ1) is 12.0. The van der Waals surface area contributed by atoms with Crippen LogP contribution in [-0.2, 0) is 14.1 Å². The van der Waals surface area contributed by atoms with E-state index in [1.54, 1.807) is 0 Å². The Balaban J connectivity index is 2.86. The van der Waals surface area contributed by atoms with Crippen molar-refractivity contribution in [1.29, 1.82) is 0 Å². The van der Waals surface area contributed by atoms with Crippen LogP contribution in [0.2, 0.25) is 0 Å². The molecule has 142 valence electrons. The summed E-state index contributed by atoms with van der Waals surface area (Å²) in [4.78, 5) is 0. The van der Waals surface area contributed by atoms with Crippen molar-refractivity contribution in [3.63, 3.8) is 0 Å². The lowest BCUT2D eigenvalue weighted by Crippen LogP contribution is -2.44. The van der Waals surface area contributed by atoms with E-state index in [1.807, 2.05) is 0 Å². The standard InChI is InChI=1S/C24H38N2/c1-15(2)19-11-21(17(5)6)25(9)23(13-19)24-14-20(16(3)4)12-22(18(7)8)26(24)10/h11-18H,1-10H3/q+2. The zero-order chi connectivity index (χ0) is 19.8. The molecular weight excluding hydrogens is 316 g/mol. The summed E-state index contributed by atoms with van der Waals surface area (Å²) < 4.78 is 4.78. The fourth-order valence-electron chi connectivity index (χ4n) is 3.67. The number of hydrogen-bond donors (Lipinski definition) is 0. The third-order valence-corrected chi connectivity index (χ3v) is 5.51. The lowest BCUT2D eigenvalue weighted by molar-refractivity contribution is -0.698. The summed E-state index contributed by atoms with van der Waals surface area (Å²) >= 11 is 0. The molecule has 0 bridgehead atoms. The van der Waals surface area contributed by atoms with Gasteiger partial charge in [-0.1, -0.05) is 55.4 Å². The van der Waals surface area contributed by atoms with Crippen LogP contribution in [0, 0.1) is 0 Å². The zero-order valence-electron chi connectivity index (χ0n) is 18.5. The molecule has 0 unspecified atom stereocenters. The quantitative estimate of drug-likeness (QED) is 0.627. The van der Waals surface area contributed by atoms with Crippen molar-refractivity contribution in [3.05, 3.63) is 46.8 Å². The SMILES string of the molecule is CC(C)c1cc(-c2cc(C(C)C)cc(C(C)C)[n+]2C)[n+](C)c(C(C)C)c1. The molecule has 2 rings (SSSR count). The van der Waals surface area contributed by atoms with Crippen molar-refractivity contribution in [1.82, 2.24) is 0 Å². The molecule has 2 aromatic heterocycles. The summed E-state index contributed by atoms with van der Waals surface area (Å²) in [6, 6.07) is 9.54. The Labute approximate surface area is 160 Å². The minimum Gasteiger partial charge on any atom is -0.193 e. The van der Waals surface area contributed by atoms with Gasteiger partial charge in [0.2, 0.25) is 0 Å². The average Bonchev–Trinajstić information content (AvgIpc) is 2.54. The third kappa shape index (κ3) is 4.00. The van der Waals surface area contributed by atoms with Crippen LogP contribution in [0.15, 0.2) is 24.3 Å². The first kappa shape index (κ1) is 20.6. The van der Waals surface area contributed by atoms with E-state index in [4.69, 9.17) is 0 Å². The van der Waals surface area contributed by atoms with Gasteiger partial charge in [-0.3, -0.25) is 0 Å². The van der Waals surface area contributed by atoms with Crippen molar-refractivity contribution in [2.24, 2.45) is 14.1 Å². The summed E-state index contributed by atoms with van der Waals surface area (Å²) in [7, 11) is 4.43. The van der Waals surface area contributed by atoms with Crippen molar-refractivity contribution in [2.75, 3.05) is 0 Å². The minimum absolute atomic E-state index is 0.501. The summed E-state index contributed by atoms with van der Waals surface area (Å²) in [6.45, 7) is 18.3. The highest BCUT2D eigenvalue weighted by molar-refractivity contribution is 5.51. The van der Waals surface area contributed by atoms with E-state index in [9.17, 15) is 0 Å². The smallest absolute Gasteiger partial charge is 0.193 e. The van der Waals surface area contributed by atoms with Gasteiger partial charge in [0.1, 0.15) is 14.1 Å². The van der Waals surface area contributed by atoms with Gasteiger partial charge in [0, 0.05) is 36.1 Å². The maximum absolute atomic E-state index is 2.39. The molecule has 0 saturated carbocycles. The van der Waals surface area contributed by atoms with Crippen LogP contribution in [0.4, 0.5) is 0 Å². The lowest BCUT2D eigenvalue weighted by Gasteiger charge is -2.15. The molecule has 0 aromatic carbocycles. The molecule has 0 amide bonds. The first-order valence-electron chi connectivity index (χ1n) is 10.1. The van der Waals surface area contributed by atoms with Gasteiger partial charge in [-0.05, 0) is 23.0 Å². The highest BCUT2D eigenvalue weighted by atomic mass is 15.0. The Morgan fingerprint density at radius 3 is 1.04 bits per heavy atom. The fraction of sp³-hybridized carbons (Fsp3) is 0.583. The molecular formula is C24H38N2+2. The number of hydrogen-bond acceptors (Lipinski definition) is 0. The largest absolute Gasteiger partial charge is 0.277 e. The van der Waals surface area contributed by atoms with Gasteiger partial charge >= 0.3 is 0 Å². The van der Waals surface area contributed by atoms with Crippen LogP contribution in [0.5, 0.6) is 0 Å². The van der Waals surface area contributed by atoms with Crippen molar-refractivity contribution < 1.29 is 9.13 Å². The number of rotatable bonds is 5. The molecule has 0 atom stereocenters. The Hall–Kier alpha value is -1.70. The monoisotopic (exact) mass is 354 g/mol. The number of aromatic nitrogens is 2. The van der Waals surface area contributed by atoms with E-state index in [1.165, 1.54) is 33.9 Å². The lowest BCUT2D eigenvalue weighted by atomic mass is 9.95. The van der Waals surface area contributed by atoms with Crippen LogP contribution in [0.3, 0.4) is 0 Å². The molecule has 0 saturated heterocycles. The second kappa shape index (κ2) is 7.90. The maximum Gasteiger partial charge on any atom is 0.277 e. The molecule has 2 aromatic rings. The molecule has 2 heterocycles. The van der Waals surface area contributed by atoms with Crippen molar-refractivity contribution in [3.8, 4) is 11.4 Å². The Bertz CT molecular complexity index is 716. The van der Waals surface area contributed by atoms with Crippen LogP contribution in [-0.4, -0.2) is 0 Å². The molecule has 0 aliphatic rings. The summed E-state index contributed by atoms with van der Waals surface area (Å²) in [5, 5.41) is 0. The highest BCUT2D eigenvalue weighted by Crippen LogP contribution is 2.27. The number of pyridine rings is 2. The predicted octanol–water partition coefficient (Wildman–Crippen LogP) is 5.50. The zero-order valence-corrected chi connectivity index (χ0v) is 18.5. The molecule has 2 nitrogen and oxygen atoms in total. The molecule has 2 heteroatoms. The van der Waals surface area contributed by atoms with Crippen LogP contribution >= 0.6 is 0 Å². The molecule has 0 aliphatic carbocycles. The molecule has 26 heavy (non-hydrogen) atoms. The maximum atomic E-state index is 2.39. The average molecular weight is 355 g/mol. The molecule has 0 aliphatic heterocycles. The summed E-state index contributed by atoms with van der Waals surface area (Å²) in [6.07, 6.45) is 0. The molecule has 0 N–H and O–H groups in total. The molecule has 0 spiro atoms. The van der Waals surface area contributed by atoms with Crippen LogP contribution in [0.1, 0.15) is 102 Å². The Morgan fingerprint density at radius 2 is 0.808 bits per heavy atom. The summed E-state index contributed by atoms with van der Waals surface area (Å²) in [5.74, 6) is 2.05. The van der Waals surface area contributed by atoms with E-state index >= 15 is 0 Å². The van der Waals surface area contributed by atoms with Crippen molar-refractivity contribution >= 4 is 0 Å². The van der Waals surface area contributed by atoms with E-state index in [0.29, 0.717) is 23.7 Å². The van der Waals surface area contributed by atoms with E-state index in [-0.39, 0.29) is 0 Å². The first-order valence-corrected chi connectivity index (χ1v) is 10.1. The molecule has 0 fully saturated rings. The topological polar surface area (TPSA) is 7.76 Å². The predicted molar refractivity (Wildman–Crippen MR) is 111 cm³/mol. The van der Waals surface area contributed by atoms with Gasteiger partial charge in [-0.2, -0.15) is 9.13 Å². The second-order valence-corrected chi connectivity index (χ2v) is 8.93. The van der Waals surface area contributed by atoms with E-state index < -0.39 is 0 Å². The van der Waals surface area contributed by atoms with Gasteiger partial charge in [0.05, 0.1) is 0 Å². The van der Waals surface area contributed by atoms with Gasteiger partial charge in [0.15, 0.2) is 11.4 Å². The van der Waals surface area contributed by atoms with Gasteiger partial charge in [-0.25, -0.2) is 0 Å². The van der Waals surface area contributed by atoms with Gasteiger partial charge < -0.3 is 0 Å². The fourth-order valence-corrected chi connectivity index (χ4v) is 3.67. The molecule has 0 radical (unpaired) electrons. The summed E-state index contributed by atoms with van der Waals surface area (Å²) in [5.41, 5.74) is 8.25. The third-order valence-electron chi connectivity index (χ3n) is 5.51. The van der Waals surface area contributed by atoms with E-state index in [2.05, 4.69) is 103 Å². The Kier molecular flexibility index (Phi) is 6.26. The number of nitrogens with zero attached hydrogens (tertiary/aromatic N) is 2. The van der Waals surface area contributed by atoms with Crippen LogP contribution in [0.25, 0.3) is 11.4 Å². The highest BCUT2D eigenvalue weighted by Gasteiger charge is 2.29. The van der Waals surface area contributed by atoms with Crippen LogP contribution < -0.4 is 9.13 Å². The minimum atomic E-state index is 0.501. The van der Waals surface area contributed by atoms with E-state index in [0.717, 1.165) is 0 Å². The van der Waals surface area contributed by atoms with Crippen molar-refractivity contribution in [2.45, 2.75) is 79.1 Å². The normalized spacial score (nSPS) is 12.1.